The first-order chi connectivity index (χ1) is 8.30. The van der Waals surface area contributed by atoms with Gasteiger partial charge in [-0.25, -0.2) is 4.79 Å². The van der Waals surface area contributed by atoms with Gasteiger partial charge in [-0.15, -0.1) is 0 Å². The summed E-state index contributed by atoms with van der Waals surface area (Å²) in [6, 6.07) is 8.37. The Morgan fingerprint density at radius 3 is 2.28 bits per heavy atom. The first-order valence-electron chi connectivity index (χ1n) is 5.07. The highest BCUT2D eigenvalue weighted by Crippen LogP contribution is 2.31. The number of hydrogen-bond donors (Lipinski definition) is 1. The second-order valence-electron chi connectivity index (χ2n) is 3.70. The first kappa shape index (κ1) is 15.2. The Bertz CT molecular complexity index is 393. The highest BCUT2D eigenvalue weighted by atomic mass is 35.6. The molecule has 0 saturated heterocycles. The Morgan fingerprint density at radius 1 is 1.28 bits per heavy atom. The van der Waals surface area contributed by atoms with Crippen LogP contribution in [0.15, 0.2) is 30.3 Å². The minimum absolute atomic E-state index is 0.415. The third-order valence-corrected chi connectivity index (χ3v) is 2.55. The Kier molecular flexibility index (Phi) is 5.38. The zero-order chi connectivity index (χ0) is 13.8. The van der Waals surface area contributed by atoms with Crippen molar-refractivity contribution in [3.05, 3.63) is 30.3 Å². The molecule has 1 aromatic carbocycles. The Morgan fingerprint density at radius 2 is 1.83 bits per heavy atom. The molecule has 2 amide bonds. The van der Waals surface area contributed by atoms with E-state index in [1.54, 1.807) is 38.4 Å². The molecule has 7 heteroatoms. The maximum atomic E-state index is 11.5. The van der Waals surface area contributed by atoms with E-state index in [4.69, 9.17) is 39.5 Å². The number of para-hydroxylation sites is 1. The van der Waals surface area contributed by atoms with E-state index >= 15 is 0 Å². The molecule has 0 aliphatic carbocycles. The maximum absolute atomic E-state index is 11.5. The van der Waals surface area contributed by atoms with Crippen molar-refractivity contribution >= 4 is 40.8 Å². The van der Waals surface area contributed by atoms with Gasteiger partial charge in [0.25, 0.3) is 0 Å². The second-order valence-corrected chi connectivity index (χ2v) is 6.07. The van der Waals surface area contributed by atoms with Crippen molar-refractivity contribution in [3.8, 4) is 5.75 Å². The molecule has 0 spiro atoms. The molecule has 1 N–H and O–H groups in total. The number of carbonyl (C=O) groups is 1. The SMILES string of the molecule is CN(C)C(=O)N[C@H](Oc1ccccc1)C(Cl)(Cl)Cl. The molecule has 1 atom stereocenters. The number of amides is 2. The molecule has 0 bridgehead atoms. The summed E-state index contributed by atoms with van der Waals surface area (Å²) in [5, 5.41) is 2.47. The summed E-state index contributed by atoms with van der Waals surface area (Å²) in [5.74, 6) is 0.493. The molecule has 1 rings (SSSR count). The van der Waals surface area contributed by atoms with E-state index < -0.39 is 16.1 Å². The molecule has 0 unspecified atom stereocenters. The third kappa shape index (κ3) is 4.80. The zero-order valence-electron chi connectivity index (χ0n) is 9.86. The average molecular weight is 312 g/mol. The zero-order valence-corrected chi connectivity index (χ0v) is 12.1. The third-order valence-electron chi connectivity index (χ3n) is 1.96. The summed E-state index contributed by atoms with van der Waals surface area (Å²) in [6.07, 6.45) is -1.08. The fourth-order valence-corrected chi connectivity index (χ4v) is 1.35. The van der Waals surface area contributed by atoms with Crippen LogP contribution < -0.4 is 10.1 Å². The largest absolute Gasteiger partial charge is 0.466 e. The Hall–Kier alpha value is -0.840. The van der Waals surface area contributed by atoms with Crippen molar-refractivity contribution in [2.75, 3.05) is 14.1 Å². The van der Waals surface area contributed by atoms with E-state index in [1.807, 2.05) is 6.07 Å². The van der Waals surface area contributed by atoms with Gasteiger partial charge in [0.2, 0.25) is 10.0 Å². The quantitative estimate of drug-likeness (QED) is 0.688. The number of hydrogen-bond acceptors (Lipinski definition) is 2. The van der Waals surface area contributed by atoms with Crippen LogP contribution in [0.3, 0.4) is 0 Å². The highest BCUT2D eigenvalue weighted by Gasteiger charge is 2.36. The molecular formula is C11H13Cl3N2O2. The lowest BCUT2D eigenvalue weighted by molar-refractivity contribution is 0.154. The predicted molar refractivity (Wildman–Crippen MR) is 73.4 cm³/mol. The van der Waals surface area contributed by atoms with Gasteiger partial charge in [-0.05, 0) is 12.1 Å². The van der Waals surface area contributed by atoms with E-state index in [2.05, 4.69) is 5.32 Å². The van der Waals surface area contributed by atoms with Gasteiger partial charge in [0.05, 0.1) is 0 Å². The number of carbonyl (C=O) groups excluding carboxylic acids is 1. The van der Waals surface area contributed by atoms with Crippen LogP contribution in [0, 0.1) is 0 Å². The van der Waals surface area contributed by atoms with E-state index in [-0.39, 0.29) is 0 Å². The summed E-state index contributed by atoms with van der Waals surface area (Å²) in [4.78, 5) is 12.9. The highest BCUT2D eigenvalue weighted by molar-refractivity contribution is 6.68. The molecule has 1 aromatic rings. The van der Waals surface area contributed by atoms with Crippen molar-refractivity contribution < 1.29 is 9.53 Å². The molecule has 0 radical (unpaired) electrons. The minimum Gasteiger partial charge on any atom is -0.466 e. The summed E-state index contributed by atoms with van der Waals surface area (Å²) in [7, 11) is 3.15. The monoisotopic (exact) mass is 310 g/mol. The van der Waals surface area contributed by atoms with Crippen LogP contribution in [0.5, 0.6) is 5.75 Å². The topological polar surface area (TPSA) is 41.6 Å². The van der Waals surface area contributed by atoms with Crippen LogP contribution >= 0.6 is 34.8 Å². The number of nitrogens with one attached hydrogen (secondary N) is 1. The van der Waals surface area contributed by atoms with Crippen molar-refractivity contribution in [1.29, 1.82) is 0 Å². The summed E-state index contributed by atoms with van der Waals surface area (Å²) in [5.41, 5.74) is 0. The minimum atomic E-state index is -1.78. The van der Waals surface area contributed by atoms with Gasteiger partial charge in [-0.1, -0.05) is 53.0 Å². The van der Waals surface area contributed by atoms with E-state index in [1.165, 1.54) is 4.90 Å². The molecular weight excluding hydrogens is 298 g/mol. The van der Waals surface area contributed by atoms with Crippen LogP contribution in [-0.2, 0) is 0 Å². The Labute approximate surface area is 121 Å². The normalized spacial score (nSPS) is 12.7. The van der Waals surface area contributed by atoms with Crippen molar-refractivity contribution in [1.82, 2.24) is 10.2 Å². The number of rotatable bonds is 3. The standard InChI is InChI=1S/C11H13Cl3N2O2/c1-16(2)10(17)15-9(11(12,13)14)18-8-6-4-3-5-7-8/h3-7,9H,1-2H3,(H,15,17)/t9-/m1/s1. The average Bonchev–Trinajstić information content (AvgIpc) is 2.28. The number of ether oxygens (including phenoxy) is 1. The van der Waals surface area contributed by atoms with Crippen LogP contribution in [0.25, 0.3) is 0 Å². The lowest BCUT2D eigenvalue weighted by atomic mass is 10.3. The number of alkyl halides is 3. The van der Waals surface area contributed by atoms with Gasteiger partial charge in [0, 0.05) is 14.1 Å². The fourth-order valence-electron chi connectivity index (χ4n) is 1.05. The van der Waals surface area contributed by atoms with Gasteiger partial charge < -0.3 is 9.64 Å². The molecule has 4 nitrogen and oxygen atoms in total. The van der Waals surface area contributed by atoms with Gasteiger partial charge in [-0.3, -0.25) is 5.32 Å². The van der Waals surface area contributed by atoms with Gasteiger partial charge >= 0.3 is 6.03 Å². The number of benzene rings is 1. The van der Waals surface area contributed by atoms with Crippen molar-refractivity contribution in [3.63, 3.8) is 0 Å². The predicted octanol–water partition coefficient (Wildman–Crippen LogP) is 3.03. The molecule has 0 fully saturated rings. The van der Waals surface area contributed by atoms with E-state index in [0.717, 1.165) is 0 Å². The van der Waals surface area contributed by atoms with Gasteiger partial charge in [0.15, 0.2) is 0 Å². The molecule has 0 aromatic heterocycles. The summed E-state index contributed by atoms with van der Waals surface area (Å²) >= 11 is 17.3. The number of halogens is 3. The molecule has 0 aliphatic rings. The first-order valence-corrected chi connectivity index (χ1v) is 6.20. The number of nitrogens with zero attached hydrogens (tertiary/aromatic N) is 1. The second kappa shape index (κ2) is 6.36. The van der Waals surface area contributed by atoms with Gasteiger partial charge in [-0.2, -0.15) is 0 Å². The van der Waals surface area contributed by atoms with Gasteiger partial charge in [0.1, 0.15) is 5.75 Å². The molecule has 0 heterocycles. The smallest absolute Gasteiger partial charge is 0.319 e. The molecule has 18 heavy (non-hydrogen) atoms. The lowest BCUT2D eigenvalue weighted by Gasteiger charge is -2.27. The lowest BCUT2D eigenvalue weighted by Crippen LogP contribution is -2.50. The molecule has 0 aliphatic heterocycles. The molecule has 0 saturated carbocycles. The fraction of sp³-hybridized carbons (Fsp3) is 0.364. The van der Waals surface area contributed by atoms with Crippen LogP contribution in [-0.4, -0.2) is 35.0 Å². The van der Waals surface area contributed by atoms with Crippen molar-refractivity contribution in [2.24, 2.45) is 0 Å². The molecule has 100 valence electrons. The van der Waals surface area contributed by atoms with Crippen LogP contribution in [0.2, 0.25) is 0 Å². The van der Waals surface area contributed by atoms with Crippen molar-refractivity contribution in [2.45, 2.75) is 10.0 Å². The van der Waals surface area contributed by atoms with Crippen LogP contribution in [0.1, 0.15) is 0 Å². The van der Waals surface area contributed by atoms with Crippen LogP contribution in [0.4, 0.5) is 4.79 Å². The summed E-state index contributed by atoms with van der Waals surface area (Å²) < 4.78 is 3.67. The van der Waals surface area contributed by atoms with E-state index in [0.29, 0.717) is 5.75 Å². The maximum Gasteiger partial charge on any atom is 0.319 e. The van der Waals surface area contributed by atoms with E-state index in [9.17, 15) is 4.79 Å². The Balaban J connectivity index is 2.77. The number of urea groups is 1. The summed E-state index contributed by atoms with van der Waals surface area (Å²) in [6.45, 7) is 0.